The molecule has 0 bridgehead atoms. The topological polar surface area (TPSA) is 90.7 Å². The average Bonchev–Trinajstić information content (AvgIpc) is 3.66. The molecule has 0 saturated heterocycles. The van der Waals surface area contributed by atoms with Crippen molar-refractivity contribution in [3.8, 4) is 30.3 Å². The number of alkyl carbamates (subject to hydrolysis) is 1. The fourth-order valence-electron chi connectivity index (χ4n) is 3.83. The zero-order chi connectivity index (χ0) is 26.9. The quantitative estimate of drug-likeness (QED) is 0.204. The Bertz CT molecular complexity index is 1570. The van der Waals surface area contributed by atoms with Gasteiger partial charge in [-0.2, -0.15) is 0 Å². The normalized spacial score (nSPS) is 12.4. The lowest BCUT2D eigenvalue weighted by Gasteiger charge is -2.22. The highest BCUT2D eigenvalue weighted by Crippen LogP contribution is 2.41. The number of hydrogen-bond donors (Lipinski definition) is 1. The van der Waals surface area contributed by atoms with Crippen molar-refractivity contribution in [2.24, 2.45) is 0 Å². The largest absolute Gasteiger partial charge is 0.467 e. The van der Waals surface area contributed by atoms with Crippen LogP contribution >= 0.6 is 34.0 Å². The van der Waals surface area contributed by atoms with E-state index in [9.17, 15) is 9.59 Å². The Kier molecular flexibility index (Phi) is 7.38. The molecule has 0 aliphatic carbocycles. The molecule has 0 aliphatic heterocycles. The lowest BCUT2D eigenvalue weighted by atomic mass is 10.1. The number of amides is 1. The molecule has 5 rings (SSSR count). The Balaban J connectivity index is 1.33. The molecule has 0 unspecified atom stereocenters. The van der Waals surface area contributed by atoms with E-state index in [-0.39, 0.29) is 6.42 Å². The first kappa shape index (κ1) is 26.1. The molecule has 0 aliphatic rings. The van der Waals surface area contributed by atoms with Crippen molar-refractivity contribution in [3.05, 3.63) is 65.5 Å². The third-order valence-electron chi connectivity index (χ3n) is 5.50. The predicted molar refractivity (Wildman–Crippen MR) is 153 cm³/mol. The van der Waals surface area contributed by atoms with E-state index in [1.807, 2.05) is 24.3 Å². The molecular formula is C28H26N2O5S3. The monoisotopic (exact) mass is 566 g/mol. The number of oxazole rings is 1. The summed E-state index contributed by atoms with van der Waals surface area (Å²) in [6.45, 7) is 5.28. The maximum atomic E-state index is 12.3. The molecule has 0 fully saturated rings. The minimum absolute atomic E-state index is 0.220. The molecule has 1 aromatic carbocycles. The van der Waals surface area contributed by atoms with Gasteiger partial charge in [0.15, 0.2) is 5.58 Å². The number of rotatable bonds is 7. The van der Waals surface area contributed by atoms with Gasteiger partial charge in [0, 0.05) is 25.9 Å². The van der Waals surface area contributed by atoms with Crippen molar-refractivity contribution in [1.82, 2.24) is 10.3 Å². The summed E-state index contributed by atoms with van der Waals surface area (Å²) < 4.78 is 16.2. The summed E-state index contributed by atoms with van der Waals surface area (Å²) in [6.07, 6.45) is -0.461. The summed E-state index contributed by atoms with van der Waals surface area (Å²) in [5.74, 6) is -0.0152. The van der Waals surface area contributed by atoms with Gasteiger partial charge in [-0.05, 0) is 74.2 Å². The standard InChI is InChI=1S/C28H26N2O5S3/c1-28(2,3)35-27(32)30-18(26(31)33-4)15-16-7-8-19-17(14-16)29-25(34-19)24-12-11-23(38-24)22-10-9-21(37-22)20-6-5-13-36-20/h5-14,18H,15H2,1-4H3,(H,30,32)/t18-/m0/s1. The third kappa shape index (κ3) is 5.98. The van der Waals surface area contributed by atoms with E-state index in [1.165, 1.54) is 21.7 Å². The molecule has 10 heteroatoms. The zero-order valence-electron chi connectivity index (χ0n) is 21.3. The Labute approximate surface area is 232 Å². The van der Waals surface area contributed by atoms with Crippen molar-refractivity contribution >= 4 is 57.2 Å². The van der Waals surface area contributed by atoms with E-state index in [1.54, 1.807) is 54.8 Å². The van der Waals surface area contributed by atoms with E-state index in [0.717, 1.165) is 15.3 Å². The molecule has 0 spiro atoms. The van der Waals surface area contributed by atoms with Crippen molar-refractivity contribution in [1.29, 1.82) is 0 Å². The molecule has 4 aromatic heterocycles. The number of fused-ring (bicyclic) bond motifs is 1. The fourth-order valence-corrected chi connectivity index (χ4v) is 6.70. The Morgan fingerprint density at radius 3 is 2.32 bits per heavy atom. The summed E-state index contributed by atoms with van der Waals surface area (Å²) in [4.78, 5) is 35.1. The highest BCUT2D eigenvalue weighted by molar-refractivity contribution is 7.27. The van der Waals surface area contributed by atoms with E-state index < -0.39 is 23.7 Å². The summed E-state index contributed by atoms with van der Waals surface area (Å²) in [6, 6.07) is 17.2. The second-order valence-electron chi connectivity index (χ2n) is 9.55. The van der Waals surface area contributed by atoms with Crippen LogP contribution in [0.15, 0.2) is 64.4 Å². The first-order valence-corrected chi connectivity index (χ1v) is 14.4. The van der Waals surface area contributed by atoms with Crippen molar-refractivity contribution in [2.75, 3.05) is 7.11 Å². The Hall–Kier alpha value is -3.47. The molecule has 4 heterocycles. The number of nitrogens with one attached hydrogen (secondary N) is 1. The Morgan fingerprint density at radius 1 is 0.974 bits per heavy atom. The molecule has 38 heavy (non-hydrogen) atoms. The first-order valence-electron chi connectivity index (χ1n) is 11.9. The molecule has 196 valence electrons. The number of nitrogens with zero attached hydrogens (tertiary/aromatic N) is 1. The number of hydrogen-bond acceptors (Lipinski definition) is 9. The van der Waals surface area contributed by atoms with Crippen LogP contribution in [-0.2, 0) is 20.7 Å². The van der Waals surface area contributed by atoms with Gasteiger partial charge in [0.1, 0.15) is 17.2 Å². The van der Waals surface area contributed by atoms with Crippen LogP contribution in [0.25, 0.3) is 41.4 Å². The fraction of sp³-hybridized carbons (Fsp3) is 0.250. The van der Waals surface area contributed by atoms with Gasteiger partial charge in [-0.25, -0.2) is 14.6 Å². The van der Waals surface area contributed by atoms with Crippen molar-refractivity contribution in [2.45, 2.75) is 38.8 Å². The van der Waals surface area contributed by atoms with E-state index in [2.05, 4.69) is 41.0 Å². The minimum Gasteiger partial charge on any atom is -0.467 e. The van der Waals surface area contributed by atoms with Crippen LogP contribution in [0.3, 0.4) is 0 Å². The van der Waals surface area contributed by atoms with Gasteiger partial charge in [-0.15, -0.1) is 34.0 Å². The van der Waals surface area contributed by atoms with Crippen LogP contribution < -0.4 is 5.32 Å². The molecule has 1 amide bonds. The van der Waals surface area contributed by atoms with Crippen LogP contribution in [0.1, 0.15) is 26.3 Å². The molecule has 1 N–H and O–H groups in total. The molecular weight excluding hydrogens is 541 g/mol. The number of carbonyl (C=O) groups excluding carboxylic acids is 2. The molecule has 0 saturated carbocycles. The number of thiophene rings is 3. The van der Waals surface area contributed by atoms with E-state index in [0.29, 0.717) is 17.0 Å². The lowest BCUT2D eigenvalue weighted by Crippen LogP contribution is -2.45. The molecule has 5 aromatic rings. The number of carbonyl (C=O) groups is 2. The number of ether oxygens (including phenoxy) is 2. The van der Waals surface area contributed by atoms with Gasteiger partial charge in [-0.1, -0.05) is 12.1 Å². The first-order chi connectivity index (χ1) is 18.2. The van der Waals surface area contributed by atoms with Gasteiger partial charge in [0.25, 0.3) is 0 Å². The summed E-state index contributed by atoms with van der Waals surface area (Å²) >= 11 is 5.14. The summed E-state index contributed by atoms with van der Waals surface area (Å²) in [7, 11) is 1.29. The van der Waals surface area contributed by atoms with Crippen LogP contribution in [0.2, 0.25) is 0 Å². The zero-order valence-corrected chi connectivity index (χ0v) is 23.7. The van der Waals surface area contributed by atoms with Gasteiger partial charge < -0.3 is 19.2 Å². The van der Waals surface area contributed by atoms with Gasteiger partial charge in [0.05, 0.1) is 12.0 Å². The van der Waals surface area contributed by atoms with E-state index in [4.69, 9.17) is 18.9 Å². The number of methoxy groups -OCH3 is 1. The second kappa shape index (κ2) is 10.7. The number of esters is 1. The Morgan fingerprint density at radius 2 is 1.66 bits per heavy atom. The van der Waals surface area contributed by atoms with Crippen LogP contribution in [0.4, 0.5) is 4.79 Å². The van der Waals surface area contributed by atoms with Gasteiger partial charge in [-0.3, -0.25) is 0 Å². The number of benzene rings is 1. The maximum Gasteiger partial charge on any atom is 0.408 e. The molecule has 1 atom stereocenters. The van der Waals surface area contributed by atoms with Crippen LogP contribution in [0.5, 0.6) is 0 Å². The average molecular weight is 567 g/mol. The lowest BCUT2D eigenvalue weighted by molar-refractivity contribution is -0.143. The highest BCUT2D eigenvalue weighted by Gasteiger charge is 2.25. The minimum atomic E-state index is -0.900. The molecule has 0 radical (unpaired) electrons. The summed E-state index contributed by atoms with van der Waals surface area (Å²) in [5, 5.41) is 4.69. The van der Waals surface area contributed by atoms with Crippen molar-refractivity contribution < 1.29 is 23.5 Å². The van der Waals surface area contributed by atoms with Crippen molar-refractivity contribution in [3.63, 3.8) is 0 Å². The number of aromatic nitrogens is 1. The molecule has 7 nitrogen and oxygen atoms in total. The second-order valence-corrected chi connectivity index (χ2v) is 12.7. The predicted octanol–water partition coefficient (Wildman–Crippen LogP) is 7.62. The van der Waals surface area contributed by atoms with E-state index >= 15 is 0 Å². The van der Waals surface area contributed by atoms with Gasteiger partial charge >= 0.3 is 12.1 Å². The SMILES string of the molecule is COC(=O)[C@H](Cc1ccc2oc(-c3ccc(-c4ccc(-c5cccs5)s4)s3)nc2c1)NC(=O)OC(C)(C)C. The third-order valence-corrected chi connectivity index (χ3v) is 8.92. The van der Waals surface area contributed by atoms with Gasteiger partial charge in [0.2, 0.25) is 5.89 Å². The maximum absolute atomic E-state index is 12.3. The smallest absolute Gasteiger partial charge is 0.408 e. The highest BCUT2D eigenvalue weighted by atomic mass is 32.1. The van der Waals surface area contributed by atoms with Crippen LogP contribution in [0, 0.1) is 0 Å². The summed E-state index contributed by atoms with van der Waals surface area (Å²) in [5.41, 5.74) is 1.43. The van der Waals surface area contributed by atoms with Crippen LogP contribution in [-0.4, -0.2) is 35.8 Å².